The fourth-order valence-electron chi connectivity index (χ4n) is 1.72. The van der Waals surface area contributed by atoms with Gasteiger partial charge in [-0.15, -0.1) is 11.3 Å². The maximum atomic E-state index is 12.0. The lowest BCUT2D eigenvalue weighted by atomic mass is 10.2. The average molecular weight is 296 g/mol. The number of rotatable bonds is 4. The standard InChI is InChI=1S/C13H14ClN3OS/c1-2-8-3-4-19-11(8)7-17-13(18)9-5-12(15)16-6-10(9)14/h3-6H,2,7H2,1H3,(H2,15,16)(H,17,18). The third-order valence-corrected chi connectivity index (χ3v) is 4.01. The quantitative estimate of drug-likeness (QED) is 0.911. The Morgan fingerprint density at radius 1 is 1.58 bits per heavy atom. The highest BCUT2D eigenvalue weighted by atomic mass is 35.5. The van der Waals surface area contributed by atoms with Crippen LogP contribution in [-0.2, 0) is 13.0 Å². The number of carbonyl (C=O) groups is 1. The zero-order valence-electron chi connectivity index (χ0n) is 10.4. The molecule has 6 heteroatoms. The van der Waals surface area contributed by atoms with Crippen molar-refractivity contribution in [2.45, 2.75) is 19.9 Å². The molecule has 19 heavy (non-hydrogen) atoms. The van der Waals surface area contributed by atoms with Crippen LogP contribution >= 0.6 is 22.9 Å². The van der Waals surface area contributed by atoms with Crippen molar-refractivity contribution in [1.82, 2.24) is 10.3 Å². The number of anilines is 1. The van der Waals surface area contributed by atoms with E-state index in [4.69, 9.17) is 17.3 Å². The van der Waals surface area contributed by atoms with Gasteiger partial charge in [0.15, 0.2) is 0 Å². The van der Waals surface area contributed by atoms with Gasteiger partial charge < -0.3 is 11.1 Å². The summed E-state index contributed by atoms with van der Waals surface area (Å²) in [7, 11) is 0. The number of aryl methyl sites for hydroxylation is 1. The van der Waals surface area contributed by atoms with Crippen molar-refractivity contribution in [2.75, 3.05) is 5.73 Å². The van der Waals surface area contributed by atoms with E-state index in [9.17, 15) is 4.79 Å². The Kier molecular flexibility index (Phi) is 4.39. The lowest BCUT2D eigenvalue weighted by Gasteiger charge is -2.07. The zero-order chi connectivity index (χ0) is 13.8. The molecule has 0 aliphatic heterocycles. The van der Waals surface area contributed by atoms with Gasteiger partial charge in [-0.1, -0.05) is 18.5 Å². The first-order chi connectivity index (χ1) is 9.11. The predicted octanol–water partition coefficient (Wildman–Crippen LogP) is 2.87. The summed E-state index contributed by atoms with van der Waals surface area (Å²) >= 11 is 7.57. The van der Waals surface area contributed by atoms with Crippen molar-refractivity contribution in [2.24, 2.45) is 0 Å². The Balaban J connectivity index is 2.07. The molecule has 0 saturated carbocycles. The predicted molar refractivity (Wildman–Crippen MR) is 78.5 cm³/mol. The second kappa shape index (κ2) is 6.04. The summed E-state index contributed by atoms with van der Waals surface area (Å²) in [6.07, 6.45) is 2.34. The van der Waals surface area contributed by atoms with Gasteiger partial charge >= 0.3 is 0 Å². The monoisotopic (exact) mass is 295 g/mol. The number of nitrogen functional groups attached to an aromatic ring is 1. The van der Waals surface area contributed by atoms with Crippen LogP contribution in [0.4, 0.5) is 5.82 Å². The molecule has 100 valence electrons. The number of pyridine rings is 1. The van der Waals surface area contributed by atoms with Crippen molar-refractivity contribution in [3.05, 3.63) is 44.7 Å². The molecule has 0 fully saturated rings. The Morgan fingerprint density at radius 2 is 2.37 bits per heavy atom. The molecule has 2 rings (SSSR count). The highest BCUT2D eigenvalue weighted by molar-refractivity contribution is 7.10. The summed E-state index contributed by atoms with van der Waals surface area (Å²) in [4.78, 5) is 17.0. The Bertz CT molecular complexity index is 597. The number of nitrogens with two attached hydrogens (primary N) is 1. The third-order valence-electron chi connectivity index (χ3n) is 2.75. The first-order valence-corrected chi connectivity index (χ1v) is 7.12. The van der Waals surface area contributed by atoms with Crippen molar-refractivity contribution >= 4 is 34.7 Å². The summed E-state index contributed by atoms with van der Waals surface area (Å²) in [6.45, 7) is 2.59. The normalized spacial score (nSPS) is 10.4. The van der Waals surface area contributed by atoms with Crippen LogP contribution in [0.5, 0.6) is 0 Å². The largest absolute Gasteiger partial charge is 0.384 e. The molecule has 2 aromatic rings. The SMILES string of the molecule is CCc1ccsc1CNC(=O)c1cc(N)ncc1Cl. The van der Waals surface area contributed by atoms with Gasteiger partial charge in [-0.25, -0.2) is 4.98 Å². The molecule has 0 aliphatic carbocycles. The highest BCUT2D eigenvalue weighted by Gasteiger charge is 2.12. The van der Waals surface area contributed by atoms with Crippen LogP contribution in [0.25, 0.3) is 0 Å². The summed E-state index contributed by atoms with van der Waals surface area (Å²) in [5.41, 5.74) is 7.16. The summed E-state index contributed by atoms with van der Waals surface area (Å²) < 4.78 is 0. The number of hydrogen-bond donors (Lipinski definition) is 2. The molecule has 2 heterocycles. The van der Waals surface area contributed by atoms with E-state index in [0.29, 0.717) is 17.1 Å². The van der Waals surface area contributed by atoms with Crippen molar-refractivity contribution < 1.29 is 4.79 Å². The highest BCUT2D eigenvalue weighted by Crippen LogP contribution is 2.19. The lowest BCUT2D eigenvalue weighted by Crippen LogP contribution is -2.23. The molecule has 0 saturated heterocycles. The number of hydrogen-bond acceptors (Lipinski definition) is 4. The fraction of sp³-hybridized carbons (Fsp3) is 0.231. The minimum absolute atomic E-state index is 0.241. The van der Waals surface area contributed by atoms with Crippen molar-refractivity contribution in [3.8, 4) is 0 Å². The molecule has 0 bridgehead atoms. The van der Waals surface area contributed by atoms with Gasteiger partial charge in [0.05, 0.1) is 17.1 Å². The van der Waals surface area contributed by atoms with Crippen LogP contribution in [0.1, 0.15) is 27.7 Å². The van der Waals surface area contributed by atoms with Crippen LogP contribution in [0.2, 0.25) is 5.02 Å². The lowest BCUT2D eigenvalue weighted by molar-refractivity contribution is 0.0951. The molecule has 3 N–H and O–H groups in total. The number of aromatic nitrogens is 1. The summed E-state index contributed by atoms with van der Waals surface area (Å²) in [5, 5.41) is 5.17. The third kappa shape index (κ3) is 3.24. The second-order valence-electron chi connectivity index (χ2n) is 3.99. The molecular formula is C13H14ClN3OS. The first-order valence-electron chi connectivity index (χ1n) is 5.86. The molecule has 0 spiro atoms. The second-order valence-corrected chi connectivity index (χ2v) is 5.40. The van der Waals surface area contributed by atoms with Gasteiger partial charge in [-0.2, -0.15) is 0 Å². The molecule has 0 radical (unpaired) electrons. The maximum absolute atomic E-state index is 12.0. The van der Waals surface area contributed by atoms with Gasteiger partial charge in [0.2, 0.25) is 0 Å². The van der Waals surface area contributed by atoms with E-state index in [2.05, 4.69) is 23.3 Å². The maximum Gasteiger partial charge on any atom is 0.253 e. The van der Waals surface area contributed by atoms with Gasteiger partial charge in [0, 0.05) is 11.1 Å². The van der Waals surface area contributed by atoms with Gasteiger partial charge in [-0.3, -0.25) is 4.79 Å². The van der Waals surface area contributed by atoms with Crippen LogP contribution in [-0.4, -0.2) is 10.9 Å². The molecule has 0 atom stereocenters. The number of carbonyl (C=O) groups excluding carboxylic acids is 1. The van der Waals surface area contributed by atoms with E-state index in [1.807, 2.05) is 5.38 Å². The van der Waals surface area contributed by atoms with Crippen LogP contribution in [0, 0.1) is 0 Å². The van der Waals surface area contributed by atoms with Gasteiger partial charge in [0.25, 0.3) is 5.91 Å². The summed E-state index contributed by atoms with van der Waals surface area (Å²) in [6, 6.07) is 3.55. The van der Waals surface area contributed by atoms with E-state index in [0.717, 1.165) is 11.3 Å². The van der Waals surface area contributed by atoms with E-state index < -0.39 is 0 Å². The Hall–Kier alpha value is -1.59. The number of nitrogens with zero attached hydrogens (tertiary/aromatic N) is 1. The van der Waals surface area contributed by atoms with E-state index in [1.54, 1.807) is 11.3 Å². The van der Waals surface area contributed by atoms with E-state index in [-0.39, 0.29) is 11.7 Å². The summed E-state index contributed by atoms with van der Waals surface area (Å²) in [5.74, 6) is 0.0365. The fourth-order valence-corrected chi connectivity index (χ4v) is 2.83. The molecule has 2 aromatic heterocycles. The Labute approximate surface area is 120 Å². The average Bonchev–Trinajstić information content (AvgIpc) is 2.86. The smallest absolute Gasteiger partial charge is 0.253 e. The van der Waals surface area contributed by atoms with Gasteiger partial charge in [-0.05, 0) is 29.5 Å². The van der Waals surface area contributed by atoms with Crippen molar-refractivity contribution in [3.63, 3.8) is 0 Å². The zero-order valence-corrected chi connectivity index (χ0v) is 12.0. The van der Waals surface area contributed by atoms with Crippen LogP contribution in [0.15, 0.2) is 23.7 Å². The van der Waals surface area contributed by atoms with E-state index >= 15 is 0 Å². The minimum Gasteiger partial charge on any atom is -0.384 e. The number of amides is 1. The Morgan fingerprint density at radius 3 is 3.11 bits per heavy atom. The number of halogens is 1. The topological polar surface area (TPSA) is 68.0 Å². The minimum atomic E-state index is -0.241. The van der Waals surface area contributed by atoms with Gasteiger partial charge in [0.1, 0.15) is 5.82 Å². The molecular weight excluding hydrogens is 282 g/mol. The number of nitrogens with one attached hydrogen (secondary N) is 1. The molecule has 1 amide bonds. The van der Waals surface area contributed by atoms with E-state index in [1.165, 1.54) is 17.8 Å². The van der Waals surface area contributed by atoms with Crippen LogP contribution in [0.3, 0.4) is 0 Å². The molecule has 0 aromatic carbocycles. The first kappa shape index (κ1) is 13.8. The number of thiophene rings is 1. The molecule has 0 aliphatic rings. The molecule has 4 nitrogen and oxygen atoms in total. The van der Waals surface area contributed by atoms with Crippen molar-refractivity contribution in [1.29, 1.82) is 0 Å². The molecule has 0 unspecified atom stereocenters. The van der Waals surface area contributed by atoms with Crippen LogP contribution < -0.4 is 11.1 Å².